The van der Waals surface area contributed by atoms with Gasteiger partial charge in [0.1, 0.15) is 6.29 Å². The van der Waals surface area contributed by atoms with E-state index >= 15 is 0 Å². The molecular formula is C23H27NO3S. The molecule has 0 heterocycles. The molecule has 0 saturated heterocycles. The SMILES string of the molecule is CC1(C)CCC(C)(C)c2cc(C(=CC=O)c3ccc(S(N)(=O)=O)cc3)ccc21. The molecule has 3 rings (SSSR count). The number of aldehydes is 1. The Balaban J connectivity index is 2.12. The molecule has 4 nitrogen and oxygen atoms in total. The largest absolute Gasteiger partial charge is 0.299 e. The summed E-state index contributed by atoms with van der Waals surface area (Å²) in [6, 6.07) is 12.7. The number of sulfonamides is 1. The number of fused-ring (bicyclic) bond motifs is 1. The molecule has 0 amide bonds. The van der Waals surface area contributed by atoms with Crippen LogP contribution in [0.3, 0.4) is 0 Å². The van der Waals surface area contributed by atoms with Gasteiger partial charge in [0.25, 0.3) is 0 Å². The molecule has 0 unspecified atom stereocenters. The summed E-state index contributed by atoms with van der Waals surface area (Å²) in [4.78, 5) is 11.4. The van der Waals surface area contributed by atoms with Crippen LogP contribution >= 0.6 is 0 Å². The monoisotopic (exact) mass is 397 g/mol. The molecule has 28 heavy (non-hydrogen) atoms. The summed E-state index contributed by atoms with van der Waals surface area (Å²) in [6.45, 7) is 9.06. The van der Waals surface area contributed by atoms with E-state index in [1.165, 1.54) is 29.3 Å². The molecule has 0 aromatic heterocycles. The van der Waals surface area contributed by atoms with Gasteiger partial charge in [0.2, 0.25) is 10.0 Å². The number of hydrogen-bond acceptors (Lipinski definition) is 3. The van der Waals surface area contributed by atoms with Gasteiger partial charge in [-0.2, -0.15) is 0 Å². The first-order valence-electron chi connectivity index (χ1n) is 9.40. The molecule has 2 aromatic rings. The minimum absolute atomic E-state index is 0.0510. The van der Waals surface area contributed by atoms with E-state index in [0.717, 1.165) is 35.8 Å². The fraction of sp³-hybridized carbons (Fsp3) is 0.348. The Labute approximate surface area is 167 Å². The van der Waals surface area contributed by atoms with Crippen molar-refractivity contribution in [3.05, 3.63) is 70.8 Å². The van der Waals surface area contributed by atoms with Crippen LogP contribution < -0.4 is 5.14 Å². The lowest BCUT2D eigenvalue weighted by molar-refractivity contribution is -0.104. The molecule has 5 heteroatoms. The van der Waals surface area contributed by atoms with Gasteiger partial charge in [0, 0.05) is 0 Å². The Morgan fingerprint density at radius 1 is 0.893 bits per heavy atom. The molecule has 0 radical (unpaired) electrons. The van der Waals surface area contributed by atoms with Crippen molar-refractivity contribution in [2.45, 2.75) is 56.3 Å². The third-order valence-corrected chi connectivity index (χ3v) is 6.82. The Morgan fingerprint density at radius 2 is 1.43 bits per heavy atom. The van der Waals surface area contributed by atoms with Crippen molar-refractivity contribution in [1.29, 1.82) is 0 Å². The van der Waals surface area contributed by atoms with E-state index in [4.69, 9.17) is 5.14 Å². The van der Waals surface area contributed by atoms with Crippen LogP contribution in [0.5, 0.6) is 0 Å². The molecule has 0 fully saturated rings. The van der Waals surface area contributed by atoms with Gasteiger partial charge in [0.15, 0.2) is 0 Å². The minimum atomic E-state index is -3.75. The van der Waals surface area contributed by atoms with Crippen molar-refractivity contribution in [1.82, 2.24) is 0 Å². The molecule has 0 atom stereocenters. The summed E-state index contributed by atoms with van der Waals surface area (Å²) < 4.78 is 23.0. The van der Waals surface area contributed by atoms with E-state index in [1.807, 2.05) is 6.07 Å². The fourth-order valence-electron chi connectivity index (χ4n) is 4.01. The third kappa shape index (κ3) is 3.82. The number of benzene rings is 2. The van der Waals surface area contributed by atoms with Crippen LogP contribution in [-0.2, 0) is 25.6 Å². The molecule has 0 aliphatic heterocycles. The maximum absolute atomic E-state index is 11.5. The van der Waals surface area contributed by atoms with Crippen molar-refractivity contribution >= 4 is 21.9 Å². The highest BCUT2D eigenvalue weighted by atomic mass is 32.2. The summed E-state index contributed by atoms with van der Waals surface area (Å²) >= 11 is 0. The number of hydrogen-bond donors (Lipinski definition) is 1. The lowest BCUT2D eigenvalue weighted by atomic mass is 9.63. The van der Waals surface area contributed by atoms with E-state index in [1.54, 1.807) is 12.1 Å². The summed E-state index contributed by atoms with van der Waals surface area (Å²) in [6.07, 6.45) is 4.52. The normalized spacial score (nSPS) is 18.4. The second-order valence-electron chi connectivity index (χ2n) is 8.81. The van der Waals surface area contributed by atoms with Gasteiger partial charge < -0.3 is 0 Å². The van der Waals surface area contributed by atoms with Crippen molar-refractivity contribution in [3.63, 3.8) is 0 Å². The standard InChI is InChI=1S/C23H27NO3S/c1-22(2)12-13-23(3,4)21-15-17(7-10-20(21)22)19(11-14-25)16-5-8-18(9-6-16)28(24,26)27/h5-11,14-15H,12-13H2,1-4H3,(H2,24,26,27). The zero-order valence-electron chi connectivity index (χ0n) is 16.8. The van der Waals surface area contributed by atoms with Crippen LogP contribution in [0.1, 0.15) is 62.8 Å². The maximum Gasteiger partial charge on any atom is 0.238 e. The highest BCUT2D eigenvalue weighted by Crippen LogP contribution is 2.46. The van der Waals surface area contributed by atoms with Crippen molar-refractivity contribution in [2.24, 2.45) is 5.14 Å². The highest BCUT2D eigenvalue weighted by Gasteiger charge is 2.37. The van der Waals surface area contributed by atoms with Gasteiger partial charge in [-0.3, -0.25) is 4.79 Å². The van der Waals surface area contributed by atoms with Gasteiger partial charge in [0.05, 0.1) is 4.90 Å². The van der Waals surface area contributed by atoms with Gasteiger partial charge in [-0.25, -0.2) is 13.6 Å². The second kappa shape index (κ2) is 6.98. The molecule has 1 aliphatic carbocycles. The number of carbonyl (C=O) groups is 1. The third-order valence-electron chi connectivity index (χ3n) is 5.89. The first-order chi connectivity index (χ1) is 13.0. The average molecular weight is 398 g/mol. The predicted molar refractivity (Wildman–Crippen MR) is 113 cm³/mol. The van der Waals surface area contributed by atoms with Crippen LogP contribution in [0, 0.1) is 0 Å². The van der Waals surface area contributed by atoms with Crippen LogP contribution in [0.2, 0.25) is 0 Å². The molecule has 1 aliphatic rings. The first-order valence-corrected chi connectivity index (χ1v) is 10.9. The molecule has 148 valence electrons. The van der Waals surface area contributed by atoms with Gasteiger partial charge in [-0.05, 0) is 69.7 Å². The van der Waals surface area contributed by atoms with Crippen LogP contribution in [0.25, 0.3) is 5.57 Å². The van der Waals surface area contributed by atoms with E-state index in [-0.39, 0.29) is 15.7 Å². The van der Waals surface area contributed by atoms with Crippen molar-refractivity contribution < 1.29 is 13.2 Å². The van der Waals surface area contributed by atoms with E-state index in [0.29, 0.717) is 0 Å². The summed E-state index contributed by atoms with van der Waals surface area (Å²) in [5, 5.41) is 5.19. The highest BCUT2D eigenvalue weighted by molar-refractivity contribution is 7.89. The maximum atomic E-state index is 11.5. The lowest BCUT2D eigenvalue weighted by Gasteiger charge is -2.42. The van der Waals surface area contributed by atoms with Crippen LogP contribution in [0.4, 0.5) is 0 Å². The number of rotatable bonds is 4. The Morgan fingerprint density at radius 3 is 1.96 bits per heavy atom. The molecule has 2 aromatic carbocycles. The quantitative estimate of drug-likeness (QED) is 0.617. The average Bonchev–Trinajstić information content (AvgIpc) is 2.63. The van der Waals surface area contributed by atoms with Crippen molar-refractivity contribution in [2.75, 3.05) is 0 Å². The summed E-state index contributed by atoms with van der Waals surface area (Å²) in [7, 11) is -3.75. The molecule has 0 spiro atoms. The fourth-order valence-corrected chi connectivity index (χ4v) is 4.52. The van der Waals surface area contributed by atoms with Crippen LogP contribution in [-0.4, -0.2) is 14.7 Å². The van der Waals surface area contributed by atoms with Gasteiger partial charge in [-0.15, -0.1) is 0 Å². The van der Waals surface area contributed by atoms with Crippen molar-refractivity contribution in [3.8, 4) is 0 Å². The van der Waals surface area contributed by atoms with E-state index in [9.17, 15) is 13.2 Å². The smallest absolute Gasteiger partial charge is 0.238 e. The number of allylic oxidation sites excluding steroid dienone is 1. The summed E-state index contributed by atoms with van der Waals surface area (Å²) in [5.41, 5.74) is 5.31. The molecule has 0 saturated carbocycles. The Hall–Kier alpha value is -2.24. The van der Waals surface area contributed by atoms with Gasteiger partial charge in [-0.1, -0.05) is 58.0 Å². The molecular weight excluding hydrogens is 370 g/mol. The Kier molecular flexibility index (Phi) is 5.11. The topological polar surface area (TPSA) is 77.2 Å². The number of nitrogens with two attached hydrogens (primary N) is 1. The molecule has 0 bridgehead atoms. The Bertz CT molecular complexity index is 1050. The number of carbonyl (C=O) groups excluding carboxylic acids is 1. The van der Waals surface area contributed by atoms with E-state index in [2.05, 4.69) is 39.8 Å². The lowest BCUT2D eigenvalue weighted by Crippen LogP contribution is -2.33. The second-order valence-corrected chi connectivity index (χ2v) is 10.4. The number of primary sulfonamides is 1. The molecule has 2 N–H and O–H groups in total. The minimum Gasteiger partial charge on any atom is -0.299 e. The zero-order chi connectivity index (χ0) is 20.7. The first kappa shape index (κ1) is 20.5. The van der Waals surface area contributed by atoms with Crippen LogP contribution in [0.15, 0.2) is 53.4 Å². The van der Waals surface area contributed by atoms with E-state index < -0.39 is 10.0 Å². The summed E-state index contributed by atoms with van der Waals surface area (Å²) in [5.74, 6) is 0. The van der Waals surface area contributed by atoms with Gasteiger partial charge >= 0.3 is 0 Å². The predicted octanol–water partition coefficient (Wildman–Crippen LogP) is 4.31. The zero-order valence-corrected chi connectivity index (χ0v) is 17.6.